The van der Waals surface area contributed by atoms with Crippen molar-refractivity contribution in [3.05, 3.63) is 22.8 Å². The SMILES string of the molecule is Cl.Nc1ncc(CN2CCN(c3cc(C4CC4)[nH]n3)CC2)s1. The Kier molecular flexibility index (Phi) is 4.56. The number of piperazine rings is 1. The van der Waals surface area contributed by atoms with Crippen LogP contribution >= 0.6 is 23.7 Å². The summed E-state index contributed by atoms with van der Waals surface area (Å²) in [4.78, 5) is 10.2. The van der Waals surface area contributed by atoms with Crippen LogP contribution in [0, 0.1) is 0 Å². The number of aromatic amines is 1. The van der Waals surface area contributed by atoms with Gasteiger partial charge in [-0.15, -0.1) is 23.7 Å². The molecule has 0 atom stereocenters. The lowest BCUT2D eigenvalue weighted by atomic mass is 10.2. The maximum atomic E-state index is 5.68. The third-order valence-corrected chi connectivity index (χ3v) is 5.06. The lowest BCUT2D eigenvalue weighted by Gasteiger charge is -2.34. The van der Waals surface area contributed by atoms with Crippen molar-refractivity contribution in [3.8, 4) is 0 Å². The van der Waals surface area contributed by atoms with Gasteiger partial charge in [0.2, 0.25) is 0 Å². The van der Waals surface area contributed by atoms with Crippen LogP contribution in [0.4, 0.5) is 10.9 Å². The van der Waals surface area contributed by atoms with Gasteiger partial charge in [0.05, 0.1) is 0 Å². The van der Waals surface area contributed by atoms with Gasteiger partial charge in [0.25, 0.3) is 0 Å². The minimum absolute atomic E-state index is 0. The van der Waals surface area contributed by atoms with Crippen LogP contribution in [0.2, 0.25) is 0 Å². The number of nitrogen functional groups attached to an aromatic ring is 1. The Morgan fingerprint density at radius 3 is 2.68 bits per heavy atom. The monoisotopic (exact) mass is 340 g/mol. The first-order chi connectivity index (χ1) is 10.3. The highest BCUT2D eigenvalue weighted by molar-refractivity contribution is 7.15. The van der Waals surface area contributed by atoms with E-state index in [4.69, 9.17) is 5.73 Å². The van der Waals surface area contributed by atoms with Gasteiger partial charge in [0, 0.05) is 61.5 Å². The molecular weight excluding hydrogens is 320 g/mol. The van der Waals surface area contributed by atoms with E-state index in [1.54, 1.807) is 11.3 Å². The Bertz CT molecular complexity index is 614. The number of nitrogens with one attached hydrogen (secondary N) is 1. The van der Waals surface area contributed by atoms with Gasteiger partial charge >= 0.3 is 0 Å². The summed E-state index contributed by atoms with van der Waals surface area (Å²) < 4.78 is 0. The molecule has 6 nitrogen and oxygen atoms in total. The first-order valence-corrected chi connectivity index (χ1v) is 8.32. The Morgan fingerprint density at radius 1 is 1.27 bits per heavy atom. The molecule has 2 fully saturated rings. The van der Waals surface area contributed by atoms with Crippen molar-refractivity contribution < 1.29 is 0 Å². The van der Waals surface area contributed by atoms with Crippen LogP contribution in [0.15, 0.2) is 12.3 Å². The maximum Gasteiger partial charge on any atom is 0.180 e. The fraction of sp³-hybridized carbons (Fsp3) is 0.571. The Balaban J connectivity index is 0.00000144. The number of nitrogens with zero attached hydrogens (tertiary/aromatic N) is 4. The molecule has 1 aliphatic heterocycles. The van der Waals surface area contributed by atoms with Crippen LogP contribution < -0.4 is 10.6 Å². The fourth-order valence-electron chi connectivity index (χ4n) is 2.84. The van der Waals surface area contributed by atoms with Gasteiger partial charge in [0.15, 0.2) is 10.9 Å². The second kappa shape index (κ2) is 6.44. The number of nitrogens with two attached hydrogens (primary N) is 1. The molecule has 4 rings (SSSR count). The molecule has 3 heterocycles. The molecule has 1 saturated carbocycles. The summed E-state index contributed by atoms with van der Waals surface area (Å²) in [6, 6.07) is 2.23. The van der Waals surface area contributed by atoms with Gasteiger partial charge in [-0.3, -0.25) is 10.00 Å². The maximum absolute atomic E-state index is 5.68. The average Bonchev–Trinajstić information content (AvgIpc) is 3.09. The summed E-state index contributed by atoms with van der Waals surface area (Å²) in [6.45, 7) is 5.13. The summed E-state index contributed by atoms with van der Waals surface area (Å²) in [5.74, 6) is 1.85. The summed E-state index contributed by atoms with van der Waals surface area (Å²) in [5.41, 5.74) is 7.00. The number of thiazole rings is 1. The van der Waals surface area contributed by atoms with Crippen LogP contribution in [0.1, 0.15) is 29.3 Å². The summed E-state index contributed by atoms with van der Waals surface area (Å²) in [7, 11) is 0. The minimum Gasteiger partial charge on any atom is -0.375 e. The van der Waals surface area contributed by atoms with Crippen molar-refractivity contribution in [3.63, 3.8) is 0 Å². The molecule has 120 valence electrons. The van der Waals surface area contributed by atoms with Crippen molar-refractivity contribution in [1.29, 1.82) is 0 Å². The smallest absolute Gasteiger partial charge is 0.180 e. The molecule has 1 saturated heterocycles. The molecule has 2 aromatic rings. The van der Waals surface area contributed by atoms with E-state index in [9.17, 15) is 0 Å². The second-order valence-electron chi connectivity index (χ2n) is 5.88. The van der Waals surface area contributed by atoms with Gasteiger partial charge in [-0.2, -0.15) is 5.10 Å². The van der Waals surface area contributed by atoms with E-state index in [-0.39, 0.29) is 12.4 Å². The fourth-order valence-corrected chi connectivity index (χ4v) is 3.57. The van der Waals surface area contributed by atoms with Crippen molar-refractivity contribution in [2.24, 2.45) is 0 Å². The number of hydrogen-bond donors (Lipinski definition) is 2. The van der Waals surface area contributed by atoms with E-state index in [1.807, 2.05) is 6.20 Å². The number of H-pyrrole nitrogens is 1. The molecule has 2 aromatic heterocycles. The third-order valence-electron chi connectivity index (χ3n) is 4.25. The predicted octanol–water partition coefficient (Wildman–Crippen LogP) is 2.07. The molecule has 2 aliphatic rings. The number of hydrogen-bond acceptors (Lipinski definition) is 6. The van der Waals surface area contributed by atoms with Crippen LogP contribution in [-0.4, -0.2) is 46.3 Å². The summed E-state index contributed by atoms with van der Waals surface area (Å²) in [5, 5.41) is 8.32. The number of anilines is 2. The van der Waals surface area contributed by atoms with Crippen molar-refractivity contribution in [2.75, 3.05) is 36.8 Å². The van der Waals surface area contributed by atoms with Crippen molar-refractivity contribution in [1.82, 2.24) is 20.1 Å². The number of aromatic nitrogens is 3. The van der Waals surface area contributed by atoms with E-state index < -0.39 is 0 Å². The molecule has 8 heteroatoms. The third kappa shape index (κ3) is 3.37. The highest BCUT2D eigenvalue weighted by atomic mass is 35.5. The van der Waals surface area contributed by atoms with Gasteiger partial charge in [0.1, 0.15) is 0 Å². The topological polar surface area (TPSA) is 74.1 Å². The lowest BCUT2D eigenvalue weighted by Crippen LogP contribution is -2.46. The molecule has 0 spiro atoms. The van der Waals surface area contributed by atoms with E-state index in [0.29, 0.717) is 5.13 Å². The van der Waals surface area contributed by atoms with Crippen LogP contribution in [0.3, 0.4) is 0 Å². The highest BCUT2D eigenvalue weighted by Gasteiger charge is 2.27. The first kappa shape index (κ1) is 15.6. The van der Waals surface area contributed by atoms with Gasteiger partial charge < -0.3 is 10.6 Å². The average molecular weight is 341 g/mol. The molecule has 0 radical (unpaired) electrons. The zero-order valence-corrected chi connectivity index (χ0v) is 14.0. The quantitative estimate of drug-likeness (QED) is 0.891. The summed E-state index contributed by atoms with van der Waals surface area (Å²) >= 11 is 1.59. The Hall–Kier alpha value is -1.31. The van der Waals surface area contributed by atoms with E-state index in [2.05, 4.69) is 31.0 Å². The molecule has 1 aliphatic carbocycles. The first-order valence-electron chi connectivity index (χ1n) is 7.51. The van der Waals surface area contributed by atoms with Crippen LogP contribution in [-0.2, 0) is 6.54 Å². The standard InChI is InChI=1S/C14H20N6S.ClH/c15-14-16-8-11(21-14)9-19-3-5-20(6-4-19)13-7-12(17-18-13)10-1-2-10;/h7-8,10H,1-6,9H2,(H2,15,16)(H,17,18);1H. The predicted molar refractivity (Wildman–Crippen MR) is 91.8 cm³/mol. The van der Waals surface area contributed by atoms with Gasteiger partial charge in [-0.25, -0.2) is 4.98 Å². The largest absolute Gasteiger partial charge is 0.375 e. The Labute approximate surface area is 140 Å². The van der Waals surface area contributed by atoms with E-state index in [0.717, 1.165) is 44.5 Å². The molecule has 0 unspecified atom stereocenters. The zero-order chi connectivity index (χ0) is 14.2. The summed E-state index contributed by atoms with van der Waals surface area (Å²) in [6.07, 6.45) is 4.52. The van der Waals surface area contributed by atoms with Gasteiger partial charge in [-0.05, 0) is 12.8 Å². The molecule has 3 N–H and O–H groups in total. The Morgan fingerprint density at radius 2 is 2.05 bits per heavy atom. The molecule has 0 amide bonds. The van der Waals surface area contributed by atoms with Gasteiger partial charge in [-0.1, -0.05) is 0 Å². The normalized spacial score (nSPS) is 19.2. The molecule has 0 aromatic carbocycles. The highest BCUT2D eigenvalue weighted by Crippen LogP contribution is 2.39. The van der Waals surface area contributed by atoms with Crippen LogP contribution in [0.5, 0.6) is 0 Å². The number of rotatable bonds is 4. The number of halogens is 1. The minimum atomic E-state index is 0. The lowest BCUT2D eigenvalue weighted by molar-refractivity contribution is 0.251. The molecule has 0 bridgehead atoms. The van der Waals surface area contributed by atoms with E-state index >= 15 is 0 Å². The van der Waals surface area contributed by atoms with Crippen LogP contribution in [0.25, 0.3) is 0 Å². The van der Waals surface area contributed by atoms with E-state index in [1.165, 1.54) is 23.4 Å². The molecule has 22 heavy (non-hydrogen) atoms. The van der Waals surface area contributed by atoms with Crippen molar-refractivity contribution in [2.45, 2.75) is 25.3 Å². The second-order valence-corrected chi connectivity index (χ2v) is 7.03. The zero-order valence-electron chi connectivity index (χ0n) is 12.4. The molecular formula is C14H21ClN6S. The van der Waals surface area contributed by atoms with Crippen molar-refractivity contribution >= 4 is 34.7 Å².